The Kier molecular flexibility index (Phi) is 5.38. The minimum absolute atomic E-state index is 0.0255. The fourth-order valence-corrected chi connectivity index (χ4v) is 3.81. The minimum Gasteiger partial charge on any atom is -0.494 e. The van der Waals surface area contributed by atoms with Crippen molar-refractivity contribution >= 4 is 40.1 Å². The summed E-state index contributed by atoms with van der Waals surface area (Å²) in [6, 6.07) is 12.3. The number of hydrogen-bond acceptors (Lipinski definition) is 6. The van der Waals surface area contributed by atoms with E-state index in [1.807, 2.05) is 6.92 Å². The Hall–Kier alpha value is -3.81. The molecule has 2 amide bonds. The monoisotopic (exact) mass is 436 g/mol. The highest BCUT2D eigenvalue weighted by molar-refractivity contribution is 6.14. The summed E-state index contributed by atoms with van der Waals surface area (Å²) in [4.78, 5) is 39.6. The van der Waals surface area contributed by atoms with Crippen LogP contribution >= 0.6 is 0 Å². The Labute approximate surface area is 185 Å². The van der Waals surface area contributed by atoms with E-state index in [0.29, 0.717) is 34.9 Å². The number of rotatable bonds is 5. The van der Waals surface area contributed by atoms with Crippen molar-refractivity contribution in [1.82, 2.24) is 0 Å². The second-order valence-corrected chi connectivity index (χ2v) is 7.98. The average Bonchev–Trinajstić information content (AvgIpc) is 3.09. The zero-order valence-corrected chi connectivity index (χ0v) is 18.4. The number of fused-ring (bicyclic) bond motifs is 2. The molecule has 0 aliphatic carbocycles. The van der Waals surface area contributed by atoms with Crippen LogP contribution in [0.25, 0.3) is 11.0 Å². The van der Waals surface area contributed by atoms with E-state index in [2.05, 4.69) is 5.32 Å². The molecule has 2 heterocycles. The molecule has 1 aliphatic heterocycles. The topological polar surface area (TPSA) is 98.1 Å². The largest absolute Gasteiger partial charge is 0.494 e. The van der Waals surface area contributed by atoms with E-state index in [4.69, 9.17) is 13.9 Å². The first-order valence-corrected chi connectivity index (χ1v) is 10.3. The number of carbonyl (C=O) groups is 3. The molecule has 1 aromatic heterocycles. The molecule has 8 heteroatoms. The summed E-state index contributed by atoms with van der Waals surface area (Å²) in [6.45, 7) is 6.89. The smallest absolute Gasteiger partial charge is 0.375 e. The van der Waals surface area contributed by atoms with E-state index in [1.54, 1.807) is 63.2 Å². The van der Waals surface area contributed by atoms with E-state index in [9.17, 15) is 14.4 Å². The number of nitrogens with zero attached hydrogens (tertiary/aromatic N) is 1. The molecular weight excluding hydrogens is 412 g/mol. The summed E-state index contributed by atoms with van der Waals surface area (Å²) in [7, 11) is 0. The predicted octanol–water partition coefficient (Wildman–Crippen LogP) is 4.06. The highest BCUT2D eigenvalue weighted by Crippen LogP contribution is 2.36. The molecule has 32 heavy (non-hydrogen) atoms. The van der Waals surface area contributed by atoms with Crippen molar-refractivity contribution in [3.05, 3.63) is 53.8 Å². The maximum absolute atomic E-state index is 13.1. The van der Waals surface area contributed by atoms with Crippen LogP contribution in [0.1, 0.15) is 36.9 Å². The molecule has 1 aliphatic rings. The Bertz CT molecular complexity index is 1230. The third-order valence-corrected chi connectivity index (χ3v) is 5.49. The van der Waals surface area contributed by atoms with E-state index < -0.39 is 24.0 Å². The van der Waals surface area contributed by atoms with Crippen LogP contribution in [0.5, 0.6) is 5.75 Å². The van der Waals surface area contributed by atoms with Gasteiger partial charge in [-0.2, -0.15) is 0 Å². The molecule has 0 saturated heterocycles. The van der Waals surface area contributed by atoms with Crippen LogP contribution < -0.4 is 15.0 Å². The molecule has 0 radical (unpaired) electrons. The first kappa shape index (κ1) is 21.4. The molecule has 3 aromatic rings. The predicted molar refractivity (Wildman–Crippen MR) is 119 cm³/mol. The van der Waals surface area contributed by atoms with Crippen LogP contribution in [-0.2, 0) is 14.3 Å². The average molecular weight is 436 g/mol. The number of amides is 2. The van der Waals surface area contributed by atoms with Crippen molar-refractivity contribution in [2.45, 2.75) is 33.2 Å². The van der Waals surface area contributed by atoms with Gasteiger partial charge in [0.1, 0.15) is 16.9 Å². The summed E-state index contributed by atoms with van der Waals surface area (Å²) >= 11 is 0. The molecule has 8 nitrogen and oxygen atoms in total. The second kappa shape index (κ2) is 8.03. The van der Waals surface area contributed by atoms with Crippen LogP contribution in [-0.4, -0.2) is 36.5 Å². The lowest BCUT2D eigenvalue weighted by Crippen LogP contribution is -2.59. The SMILES string of the molecule is CCOc1ccc2oc(C(=O)OCC(=O)N3c4ccccc4NC(=O)C3(C)C)c(C)c2c1. The molecule has 0 atom stereocenters. The van der Waals surface area contributed by atoms with Crippen LogP contribution in [0, 0.1) is 6.92 Å². The van der Waals surface area contributed by atoms with E-state index in [-0.39, 0.29) is 11.7 Å². The van der Waals surface area contributed by atoms with Crippen molar-refractivity contribution < 1.29 is 28.3 Å². The summed E-state index contributed by atoms with van der Waals surface area (Å²) in [5, 5.41) is 3.53. The highest BCUT2D eigenvalue weighted by Gasteiger charge is 2.43. The van der Waals surface area contributed by atoms with Crippen LogP contribution in [0.15, 0.2) is 46.9 Å². The number of benzene rings is 2. The lowest BCUT2D eigenvalue weighted by Gasteiger charge is -2.41. The molecule has 166 valence electrons. The quantitative estimate of drug-likeness (QED) is 0.606. The van der Waals surface area contributed by atoms with Gasteiger partial charge < -0.3 is 19.2 Å². The molecule has 2 aromatic carbocycles. The lowest BCUT2D eigenvalue weighted by molar-refractivity contribution is -0.128. The van der Waals surface area contributed by atoms with Gasteiger partial charge in [-0.05, 0) is 58.0 Å². The molecule has 0 unspecified atom stereocenters. The molecular formula is C24H24N2O6. The normalized spacial score (nSPS) is 14.6. The number of hydrogen-bond donors (Lipinski definition) is 1. The van der Waals surface area contributed by atoms with E-state index in [1.165, 1.54) is 4.90 Å². The standard InChI is InChI=1S/C24H24N2O6/c1-5-30-15-10-11-19-16(12-15)14(2)21(32-19)22(28)31-13-20(27)26-18-9-7-6-8-17(18)25-23(29)24(26,3)4/h6-12H,5,13H2,1-4H3,(H,25,29). The zero-order chi connectivity index (χ0) is 23.0. The fraction of sp³-hybridized carbons (Fsp3) is 0.292. The van der Waals surface area contributed by atoms with Crippen molar-refractivity contribution in [3.8, 4) is 5.75 Å². The van der Waals surface area contributed by atoms with Crippen LogP contribution in [0.4, 0.5) is 11.4 Å². The first-order valence-electron chi connectivity index (χ1n) is 10.3. The van der Waals surface area contributed by atoms with Gasteiger partial charge in [-0.3, -0.25) is 14.5 Å². The number of aryl methyl sites for hydroxylation is 1. The van der Waals surface area contributed by atoms with Gasteiger partial charge in [-0.15, -0.1) is 0 Å². The van der Waals surface area contributed by atoms with Gasteiger partial charge in [0.15, 0.2) is 6.61 Å². The van der Waals surface area contributed by atoms with Crippen molar-refractivity contribution in [2.75, 3.05) is 23.4 Å². The summed E-state index contributed by atoms with van der Waals surface area (Å²) in [6.07, 6.45) is 0. The number of esters is 1. The molecule has 0 saturated carbocycles. The fourth-order valence-electron chi connectivity index (χ4n) is 3.81. The Morgan fingerprint density at radius 3 is 2.66 bits per heavy atom. The maximum atomic E-state index is 13.1. The third kappa shape index (κ3) is 3.57. The summed E-state index contributed by atoms with van der Waals surface area (Å²) in [5.41, 5.74) is 1.04. The Balaban J connectivity index is 1.55. The third-order valence-electron chi connectivity index (χ3n) is 5.49. The van der Waals surface area contributed by atoms with Crippen LogP contribution in [0.2, 0.25) is 0 Å². The van der Waals surface area contributed by atoms with Crippen molar-refractivity contribution in [3.63, 3.8) is 0 Å². The molecule has 4 rings (SSSR count). The molecule has 0 fully saturated rings. The second-order valence-electron chi connectivity index (χ2n) is 7.98. The van der Waals surface area contributed by atoms with Crippen LogP contribution in [0.3, 0.4) is 0 Å². The summed E-state index contributed by atoms with van der Waals surface area (Å²) in [5.74, 6) is -0.898. The number of para-hydroxylation sites is 2. The number of furan rings is 1. The van der Waals surface area contributed by atoms with Gasteiger partial charge in [0.2, 0.25) is 11.7 Å². The molecule has 0 bridgehead atoms. The summed E-state index contributed by atoms with van der Waals surface area (Å²) < 4.78 is 16.5. The zero-order valence-electron chi connectivity index (χ0n) is 18.4. The van der Waals surface area contributed by atoms with Gasteiger partial charge >= 0.3 is 5.97 Å². The maximum Gasteiger partial charge on any atom is 0.375 e. The number of nitrogens with one attached hydrogen (secondary N) is 1. The first-order chi connectivity index (χ1) is 15.2. The Morgan fingerprint density at radius 2 is 1.91 bits per heavy atom. The number of ether oxygens (including phenoxy) is 2. The molecule has 0 spiro atoms. The van der Waals surface area contributed by atoms with Gasteiger partial charge in [-0.25, -0.2) is 4.79 Å². The minimum atomic E-state index is -1.15. The van der Waals surface area contributed by atoms with Gasteiger partial charge in [-0.1, -0.05) is 12.1 Å². The van der Waals surface area contributed by atoms with Crippen molar-refractivity contribution in [1.29, 1.82) is 0 Å². The van der Waals surface area contributed by atoms with Gasteiger partial charge in [0.05, 0.1) is 18.0 Å². The number of anilines is 2. The number of carbonyl (C=O) groups excluding carboxylic acids is 3. The van der Waals surface area contributed by atoms with E-state index in [0.717, 1.165) is 5.39 Å². The van der Waals surface area contributed by atoms with Crippen molar-refractivity contribution in [2.24, 2.45) is 0 Å². The highest BCUT2D eigenvalue weighted by atomic mass is 16.5. The molecule has 1 N–H and O–H groups in total. The van der Waals surface area contributed by atoms with Gasteiger partial charge in [0.25, 0.3) is 5.91 Å². The lowest BCUT2D eigenvalue weighted by atomic mass is 9.96. The van der Waals surface area contributed by atoms with Gasteiger partial charge in [0, 0.05) is 10.9 Å². The van der Waals surface area contributed by atoms with E-state index >= 15 is 0 Å². The Morgan fingerprint density at radius 1 is 1.16 bits per heavy atom.